The molecule has 20 heavy (non-hydrogen) atoms. The summed E-state index contributed by atoms with van der Waals surface area (Å²) in [6.07, 6.45) is 1.10. The molecular weight excluding hydrogens is 246 g/mol. The Morgan fingerprint density at radius 2 is 1.95 bits per heavy atom. The standard InChI is InChI=1S/C18H21NO/c1-15-7-8-18-17(13-15)14-19(11-12-20-18)10-9-16-5-3-2-4-6-16/h2-8,13H,9-12,14H2,1H3. The molecular formula is C18H21NO. The van der Waals surface area contributed by atoms with Crippen molar-refractivity contribution in [2.75, 3.05) is 19.7 Å². The third-order valence-corrected chi connectivity index (χ3v) is 3.83. The first kappa shape index (κ1) is 13.2. The maximum absolute atomic E-state index is 5.84. The van der Waals surface area contributed by atoms with Gasteiger partial charge in [-0.25, -0.2) is 0 Å². The first-order valence-electron chi connectivity index (χ1n) is 7.30. The Balaban J connectivity index is 1.66. The van der Waals surface area contributed by atoms with Crippen molar-refractivity contribution < 1.29 is 4.74 Å². The van der Waals surface area contributed by atoms with Gasteiger partial charge in [0.1, 0.15) is 12.4 Å². The van der Waals surface area contributed by atoms with Gasteiger partial charge in [0.15, 0.2) is 0 Å². The van der Waals surface area contributed by atoms with Gasteiger partial charge < -0.3 is 4.74 Å². The highest BCUT2D eigenvalue weighted by Gasteiger charge is 2.15. The lowest BCUT2D eigenvalue weighted by Crippen LogP contribution is -2.28. The Bertz CT molecular complexity index is 565. The smallest absolute Gasteiger partial charge is 0.123 e. The van der Waals surface area contributed by atoms with Gasteiger partial charge in [0, 0.05) is 25.2 Å². The van der Waals surface area contributed by atoms with Crippen LogP contribution in [0, 0.1) is 6.92 Å². The topological polar surface area (TPSA) is 12.5 Å². The van der Waals surface area contributed by atoms with Crippen molar-refractivity contribution in [1.29, 1.82) is 0 Å². The molecule has 1 aliphatic heterocycles. The van der Waals surface area contributed by atoms with Crippen molar-refractivity contribution in [3.8, 4) is 5.75 Å². The summed E-state index contributed by atoms with van der Waals surface area (Å²) in [5.41, 5.74) is 4.02. The number of rotatable bonds is 3. The molecule has 2 nitrogen and oxygen atoms in total. The molecule has 0 amide bonds. The van der Waals surface area contributed by atoms with Crippen molar-refractivity contribution in [3.63, 3.8) is 0 Å². The second kappa shape index (κ2) is 6.10. The van der Waals surface area contributed by atoms with E-state index < -0.39 is 0 Å². The minimum absolute atomic E-state index is 0.783. The lowest BCUT2D eigenvalue weighted by atomic mass is 10.1. The summed E-state index contributed by atoms with van der Waals surface area (Å²) >= 11 is 0. The van der Waals surface area contributed by atoms with Crippen LogP contribution in [0.2, 0.25) is 0 Å². The largest absolute Gasteiger partial charge is 0.492 e. The maximum Gasteiger partial charge on any atom is 0.123 e. The van der Waals surface area contributed by atoms with Crippen LogP contribution >= 0.6 is 0 Å². The van der Waals surface area contributed by atoms with Crippen molar-refractivity contribution in [1.82, 2.24) is 4.90 Å². The summed E-state index contributed by atoms with van der Waals surface area (Å²) in [7, 11) is 0. The van der Waals surface area contributed by atoms with Crippen LogP contribution in [0.5, 0.6) is 5.75 Å². The molecule has 0 unspecified atom stereocenters. The van der Waals surface area contributed by atoms with Gasteiger partial charge in [-0.05, 0) is 25.0 Å². The van der Waals surface area contributed by atoms with Crippen molar-refractivity contribution in [2.45, 2.75) is 19.9 Å². The Kier molecular flexibility index (Phi) is 4.03. The van der Waals surface area contributed by atoms with Gasteiger partial charge in [-0.15, -0.1) is 0 Å². The normalized spacial score (nSPS) is 15.2. The molecule has 0 atom stereocenters. The van der Waals surface area contributed by atoms with E-state index in [1.165, 1.54) is 16.7 Å². The van der Waals surface area contributed by atoms with E-state index in [1.807, 2.05) is 0 Å². The molecule has 2 heteroatoms. The molecule has 0 fully saturated rings. The van der Waals surface area contributed by atoms with E-state index in [-0.39, 0.29) is 0 Å². The summed E-state index contributed by atoms with van der Waals surface area (Å²) < 4.78 is 5.84. The Morgan fingerprint density at radius 1 is 1.10 bits per heavy atom. The molecule has 0 saturated carbocycles. The van der Waals surface area contributed by atoms with Crippen LogP contribution in [0.25, 0.3) is 0 Å². The van der Waals surface area contributed by atoms with Gasteiger partial charge >= 0.3 is 0 Å². The Hall–Kier alpha value is -1.80. The van der Waals surface area contributed by atoms with Crippen LogP contribution < -0.4 is 4.74 Å². The molecule has 3 rings (SSSR count). The van der Waals surface area contributed by atoms with Crippen LogP contribution in [0.15, 0.2) is 48.5 Å². The molecule has 0 radical (unpaired) electrons. The van der Waals surface area contributed by atoms with E-state index in [9.17, 15) is 0 Å². The van der Waals surface area contributed by atoms with Crippen molar-refractivity contribution >= 4 is 0 Å². The van der Waals surface area contributed by atoms with Crippen LogP contribution in [0.1, 0.15) is 16.7 Å². The molecule has 0 N–H and O–H groups in total. The molecule has 0 aromatic heterocycles. The summed E-state index contributed by atoms with van der Waals surface area (Å²) in [5.74, 6) is 1.05. The lowest BCUT2D eigenvalue weighted by Gasteiger charge is -2.19. The van der Waals surface area contributed by atoms with Crippen LogP contribution in [-0.2, 0) is 13.0 Å². The van der Waals surface area contributed by atoms with Gasteiger partial charge in [0.05, 0.1) is 0 Å². The number of hydrogen-bond acceptors (Lipinski definition) is 2. The molecule has 0 spiro atoms. The first-order chi connectivity index (χ1) is 9.81. The predicted octanol–water partition coefficient (Wildman–Crippen LogP) is 3.43. The fourth-order valence-electron chi connectivity index (χ4n) is 2.70. The average Bonchev–Trinajstić information content (AvgIpc) is 2.67. The van der Waals surface area contributed by atoms with Gasteiger partial charge in [-0.2, -0.15) is 0 Å². The fourth-order valence-corrected chi connectivity index (χ4v) is 2.70. The highest BCUT2D eigenvalue weighted by molar-refractivity contribution is 5.37. The monoisotopic (exact) mass is 267 g/mol. The molecule has 0 saturated heterocycles. The zero-order valence-electron chi connectivity index (χ0n) is 12.0. The number of aryl methyl sites for hydroxylation is 1. The van der Waals surface area contributed by atoms with Crippen molar-refractivity contribution in [3.05, 3.63) is 65.2 Å². The molecule has 0 bridgehead atoms. The molecule has 104 valence electrons. The molecule has 0 aliphatic carbocycles. The zero-order valence-corrected chi connectivity index (χ0v) is 12.0. The molecule has 2 aromatic rings. The number of nitrogens with zero attached hydrogens (tertiary/aromatic N) is 1. The predicted molar refractivity (Wildman–Crippen MR) is 82.1 cm³/mol. The SMILES string of the molecule is Cc1ccc2c(c1)CN(CCc1ccccc1)CCO2. The fraction of sp³-hybridized carbons (Fsp3) is 0.333. The minimum Gasteiger partial charge on any atom is -0.492 e. The average molecular weight is 267 g/mol. The third kappa shape index (κ3) is 3.20. The number of benzene rings is 2. The highest BCUT2D eigenvalue weighted by Crippen LogP contribution is 2.24. The summed E-state index contributed by atoms with van der Waals surface area (Å²) in [6.45, 7) is 6.00. The van der Waals surface area contributed by atoms with Gasteiger partial charge in [-0.3, -0.25) is 4.90 Å². The third-order valence-electron chi connectivity index (χ3n) is 3.83. The number of ether oxygens (including phenoxy) is 1. The highest BCUT2D eigenvalue weighted by atomic mass is 16.5. The van der Waals surface area contributed by atoms with E-state index in [1.54, 1.807) is 0 Å². The summed E-state index contributed by atoms with van der Waals surface area (Å²) in [6, 6.07) is 17.2. The van der Waals surface area contributed by atoms with Crippen LogP contribution in [0.3, 0.4) is 0 Å². The molecule has 2 aromatic carbocycles. The summed E-state index contributed by atoms with van der Waals surface area (Å²) in [4.78, 5) is 2.48. The lowest BCUT2D eigenvalue weighted by molar-refractivity contribution is 0.228. The van der Waals surface area contributed by atoms with Gasteiger partial charge in [-0.1, -0.05) is 48.0 Å². The van der Waals surface area contributed by atoms with Crippen molar-refractivity contribution in [2.24, 2.45) is 0 Å². The van der Waals surface area contributed by atoms with E-state index in [2.05, 4.69) is 60.4 Å². The van der Waals surface area contributed by atoms with E-state index >= 15 is 0 Å². The molecule has 1 heterocycles. The zero-order chi connectivity index (χ0) is 13.8. The van der Waals surface area contributed by atoms with Crippen LogP contribution in [-0.4, -0.2) is 24.6 Å². The molecule has 1 aliphatic rings. The van der Waals surface area contributed by atoms with Gasteiger partial charge in [0.25, 0.3) is 0 Å². The Morgan fingerprint density at radius 3 is 2.80 bits per heavy atom. The second-order valence-electron chi connectivity index (χ2n) is 5.47. The maximum atomic E-state index is 5.84. The number of hydrogen-bond donors (Lipinski definition) is 0. The van der Waals surface area contributed by atoms with Gasteiger partial charge in [0.2, 0.25) is 0 Å². The Labute approximate surface area is 121 Å². The van der Waals surface area contributed by atoms with Crippen LogP contribution in [0.4, 0.5) is 0 Å². The first-order valence-corrected chi connectivity index (χ1v) is 7.30. The number of fused-ring (bicyclic) bond motifs is 1. The van der Waals surface area contributed by atoms with E-state index in [0.717, 1.165) is 38.4 Å². The van der Waals surface area contributed by atoms with E-state index in [0.29, 0.717) is 0 Å². The second-order valence-corrected chi connectivity index (χ2v) is 5.47. The van der Waals surface area contributed by atoms with E-state index in [4.69, 9.17) is 4.74 Å². The minimum atomic E-state index is 0.783. The summed E-state index contributed by atoms with van der Waals surface area (Å²) in [5, 5.41) is 0. The quantitative estimate of drug-likeness (QED) is 0.844.